The fourth-order valence-electron chi connectivity index (χ4n) is 1.07. The van der Waals surface area contributed by atoms with Gasteiger partial charge >= 0.3 is 5.97 Å². The van der Waals surface area contributed by atoms with Gasteiger partial charge in [-0.05, 0) is 0 Å². The van der Waals surface area contributed by atoms with E-state index in [2.05, 4.69) is 5.32 Å². The van der Waals surface area contributed by atoms with E-state index in [0.717, 1.165) is 0 Å². The first-order chi connectivity index (χ1) is 4.74. The molecule has 0 aromatic rings. The van der Waals surface area contributed by atoms with E-state index in [4.69, 9.17) is 9.84 Å². The number of ether oxygens (including phenoxy) is 1. The zero-order valence-electron chi connectivity index (χ0n) is 5.83. The molecule has 1 saturated heterocycles. The van der Waals surface area contributed by atoms with Crippen LogP contribution in [0.3, 0.4) is 0 Å². The van der Waals surface area contributed by atoms with Crippen molar-refractivity contribution < 1.29 is 14.6 Å². The predicted molar refractivity (Wildman–Crippen MR) is 34.8 cm³/mol. The summed E-state index contributed by atoms with van der Waals surface area (Å²) >= 11 is 0. The molecule has 1 heterocycles. The standard InChI is InChI=1S/C6H11NO3/c1-10-4-2-5(6(8)9)7-3-4/h4-5,7H,2-3H2,1H3,(H,8,9)/t4-,5+/m1/s1. The van der Waals surface area contributed by atoms with Crippen molar-refractivity contribution in [3.63, 3.8) is 0 Å². The lowest BCUT2D eigenvalue weighted by molar-refractivity contribution is -0.139. The van der Waals surface area contributed by atoms with Crippen molar-refractivity contribution >= 4 is 5.97 Å². The van der Waals surface area contributed by atoms with E-state index in [1.54, 1.807) is 7.11 Å². The first-order valence-electron chi connectivity index (χ1n) is 3.23. The molecule has 1 rings (SSSR count). The smallest absolute Gasteiger partial charge is 0.320 e. The molecule has 0 aromatic carbocycles. The minimum absolute atomic E-state index is 0.0705. The Labute approximate surface area is 59.2 Å². The van der Waals surface area contributed by atoms with Gasteiger partial charge in [-0.15, -0.1) is 0 Å². The fraction of sp³-hybridized carbons (Fsp3) is 0.833. The monoisotopic (exact) mass is 145 g/mol. The number of carbonyl (C=O) groups is 1. The molecule has 0 amide bonds. The van der Waals surface area contributed by atoms with E-state index in [1.807, 2.05) is 0 Å². The molecule has 58 valence electrons. The summed E-state index contributed by atoms with van der Waals surface area (Å²) in [5.41, 5.74) is 0. The molecule has 10 heavy (non-hydrogen) atoms. The quantitative estimate of drug-likeness (QED) is 0.547. The first kappa shape index (κ1) is 7.50. The third-order valence-electron chi connectivity index (χ3n) is 1.72. The number of methoxy groups -OCH3 is 1. The Morgan fingerprint density at radius 3 is 2.80 bits per heavy atom. The van der Waals surface area contributed by atoms with Crippen molar-refractivity contribution in [2.75, 3.05) is 13.7 Å². The molecule has 4 nitrogen and oxygen atoms in total. The van der Waals surface area contributed by atoms with Crippen molar-refractivity contribution in [2.45, 2.75) is 18.6 Å². The number of hydrogen-bond acceptors (Lipinski definition) is 3. The Morgan fingerprint density at radius 2 is 2.50 bits per heavy atom. The summed E-state index contributed by atoms with van der Waals surface area (Å²) in [4.78, 5) is 10.3. The second-order valence-corrected chi connectivity index (χ2v) is 2.39. The average molecular weight is 145 g/mol. The van der Waals surface area contributed by atoms with Crippen LogP contribution in [-0.4, -0.2) is 36.9 Å². The highest BCUT2D eigenvalue weighted by Gasteiger charge is 2.28. The van der Waals surface area contributed by atoms with Crippen molar-refractivity contribution in [1.82, 2.24) is 5.32 Å². The van der Waals surface area contributed by atoms with E-state index >= 15 is 0 Å². The molecule has 1 aliphatic heterocycles. The molecule has 1 fully saturated rings. The second-order valence-electron chi connectivity index (χ2n) is 2.39. The van der Waals surface area contributed by atoms with Crippen LogP contribution in [0, 0.1) is 0 Å². The van der Waals surface area contributed by atoms with E-state index in [1.165, 1.54) is 0 Å². The summed E-state index contributed by atoms with van der Waals surface area (Å²) < 4.78 is 4.97. The number of aliphatic carboxylic acids is 1. The highest BCUT2D eigenvalue weighted by atomic mass is 16.5. The molecule has 0 bridgehead atoms. The third kappa shape index (κ3) is 1.46. The topological polar surface area (TPSA) is 58.6 Å². The maximum atomic E-state index is 10.3. The van der Waals surface area contributed by atoms with Crippen molar-refractivity contribution in [3.8, 4) is 0 Å². The Morgan fingerprint density at radius 1 is 1.80 bits per heavy atom. The summed E-state index contributed by atoms with van der Waals surface area (Å²) in [6.45, 7) is 0.646. The summed E-state index contributed by atoms with van der Waals surface area (Å²) in [7, 11) is 1.59. The number of nitrogens with one attached hydrogen (secondary N) is 1. The van der Waals surface area contributed by atoms with Gasteiger partial charge in [0, 0.05) is 20.1 Å². The normalized spacial score (nSPS) is 32.5. The van der Waals surface area contributed by atoms with E-state index in [9.17, 15) is 4.79 Å². The Hall–Kier alpha value is -0.610. The number of carboxylic acids is 1. The van der Waals surface area contributed by atoms with Gasteiger partial charge < -0.3 is 15.2 Å². The Kier molecular flexibility index (Phi) is 2.24. The predicted octanol–water partition coefficient (Wildman–Crippen LogP) is -0.552. The van der Waals surface area contributed by atoms with E-state index in [-0.39, 0.29) is 6.10 Å². The minimum atomic E-state index is -0.792. The SMILES string of the molecule is CO[C@H]1CN[C@H](C(=O)O)C1. The molecule has 0 unspecified atom stereocenters. The molecule has 1 aliphatic rings. The summed E-state index contributed by atoms with van der Waals surface area (Å²) in [5.74, 6) is -0.792. The molecule has 0 radical (unpaired) electrons. The van der Waals surface area contributed by atoms with Gasteiger partial charge in [-0.1, -0.05) is 0 Å². The van der Waals surface area contributed by atoms with Crippen LogP contribution in [0.5, 0.6) is 0 Å². The molecule has 0 aliphatic carbocycles. The van der Waals surface area contributed by atoms with E-state index in [0.29, 0.717) is 13.0 Å². The fourth-order valence-corrected chi connectivity index (χ4v) is 1.07. The molecule has 2 N–H and O–H groups in total. The Bertz CT molecular complexity index is 137. The van der Waals surface area contributed by atoms with Gasteiger partial charge in [-0.3, -0.25) is 4.79 Å². The Balaban J connectivity index is 2.35. The van der Waals surface area contributed by atoms with Crippen molar-refractivity contribution in [1.29, 1.82) is 0 Å². The van der Waals surface area contributed by atoms with Crippen LogP contribution in [0.4, 0.5) is 0 Å². The number of carboxylic acid groups (broad SMARTS) is 1. The molecule has 0 aromatic heterocycles. The highest BCUT2D eigenvalue weighted by molar-refractivity contribution is 5.73. The summed E-state index contributed by atoms with van der Waals surface area (Å²) in [5, 5.41) is 11.3. The van der Waals surface area contributed by atoms with Crippen LogP contribution < -0.4 is 5.32 Å². The van der Waals surface area contributed by atoms with Crippen LogP contribution in [0.2, 0.25) is 0 Å². The molecular formula is C6H11NO3. The molecule has 4 heteroatoms. The molecule has 0 spiro atoms. The van der Waals surface area contributed by atoms with E-state index < -0.39 is 12.0 Å². The van der Waals surface area contributed by atoms with Crippen LogP contribution in [0.1, 0.15) is 6.42 Å². The van der Waals surface area contributed by atoms with Gasteiger partial charge in [-0.25, -0.2) is 0 Å². The largest absolute Gasteiger partial charge is 0.480 e. The molecule has 0 saturated carbocycles. The molecular weight excluding hydrogens is 134 g/mol. The highest BCUT2D eigenvalue weighted by Crippen LogP contribution is 2.08. The second kappa shape index (κ2) is 2.98. The van der Waals surface area contributed by atoms with Gasteiger partial charge in [0.05, 0.1) is 6.10 Å². The van der Waals surface area contributed by atoms with Gasteiger partial charge in [0.25, 0.3) is 0 Å². The summed E-state index contributed by atoms with van der Waals surface area (Å²) in [6.07, 6.45) is 0.646. The average Bonchev–Trinajstić information content (AvgIpc) is 2.34. The number of rotatable bonds is 2. The third-order valence-corrected chi connectivity index (χ3v) is 1.72. The maximum absolute atomic E-state index is 10.3. The summed E-state index contributed by atoms with van der Waals surface area (Å²) in [6, 6.07) is -0.412. The van der Waals surface area contributed by atoms with Gasteiger partial charge in [0.15, 0.2) is 0 Å². The van der Waals surface area contributed by atoms with Crippen LogP contribution in [-0.2, 0) is 9.53 Å². The zero-order valence-corrected chi connectivity index (χ0v) is 5.83. The zero-order chi connectivity index (χ0) is 7.56. The van der Waals surface area contributed by atoms with Crippen LogP contribution >= 0.6 is 0 Å². The van der Waals surface area contributed by atoms with Gasteiger partial charge in [-0.2, -0.15) is 0 Å². The van der Waals surface area contributed by atoms with Gasteiger partial charge in [0.1, 0.15) is 6.04 Å². The van der Waals surface area contributed by atoms with Crippen molar-refractivity contribution in [3.05, 3.63) is 0 Å². The lowest BCUT2D eigenvalue weighted by Gasteiger charge is -2.03. The minimum Gasteiger partial charge on any atom is -0.480 e. The lowest BCUT2D eigenvalue weighted by atomic mass is 10.2. The number of hydrogen-bond donors (Lipinski definition) is 2. The first-order valence-corrected chi connectivity index (χ1v) is 3.23. The maximum Gasteiger partial charge on any atom is 0.320 e. The van der Waals surface area contributed by atoms with Crippen LogP contribution in [0.25, 0.3) is 0 Å². The van der Waals surface area contributed by atoms with Crippen LogP contribution in [0.15, 0.2) is 0 Å². The lowest BCUT2D eigenvalue weighted by Crippen LogP contribution is -2.29. The molecule has 2 atom stereocenters. The van der Waals surface area contributed by atoms with Gasteiger partial charge in [0.2, 0.25) is 0 Å². The van der Waals surface area contributed by atoms with Crippen molar-refractivity contribution in [2.24, 2.45) is 0 Å².